The number of anilines is 1. The zero-order chi connectivity index (χ0) is 25.7. The molecule has 0 bridgehead atoms. The van der Waals surface area contributed by atoms with Crippen molar-refractivity contribution in [3.63, 3.8) is 0 Å². The van der Waals surface area contributed by atoms with Crippen molar-refractivity contribution in [3.8, 4) is 39.6 Å². The molecular formula is C28H33N3O5. The number of hydrogen-bond acceptors (Lipinski definition) is 7. The first-order valence-corrected chi connectivity index (χ1v) is 12.2. The van der Waals surface area contributed by atoms with Crippen molar-refractivity contribution >= 4 is 11.7 Å². The van der Waals surface area contributed by atoms with Crippen molar-refractivity contribution in [2.45, 2.75) is 38.8 Å². The highest BCUT2D eigenvalue weighted by molar-refractivity contribution is 5.87. The molecule has 0 aliphatic carbocycles. The molecule has 8 nitrogen and oxygen atoms in total. The van der Waals surface area contributed by atoms with Crippen LogP contribution in [0.25, 0.3) is 22.4 Å². The van der Waals surface area contributed by atoms with E-state index in [0.29, 0.717) is 35.1 Å². The number of aromatic nitrogens is 1. The molecule has 1 fully saturated rings. The summed E-state index contributed by atoms with van der Waals surface area (Å²) in [5.41, 5.74) is 2.77. The van der Waals surface area contributed by atoms with Gasteiger partial charge in [0.1, 0.15) is 35.7 Å². The Hall–Kier alpha value is -3.78. The van der Waals surface area contributed by atoms with E-state index in [-0.39, 0.29) is 37.0 Å². The number of amides is 1. The van der Waals surface area contributed by atoms with Gasteiger partial charge in [-0.3, -0.25) is 4.79 Å². The van der Waals surface area contributed by atoms with Gasteiger partial charge in [-0.1, -0.05) is 18.2 Å². The van der Waals surface area contributed by atoms with Gasteiger partial charge < -0.3 is 29.9 Å². The fourth-order valence-corrected chi connectivity index (χ4v) is 4.49. The lowest BCUT2D eigenvalue weighted by Gasteiger charge is -2.27. The van der Waals surface area contributed by atoms with E-state index in [9.17, 15) is 15.0 Å². The summed E-state index contributed by atoms with van der Waals surface area (Å²) in [6, 6.07) is 16.2. The van der Waals surface area contributed by atoms with Crippen LogP contribution in [0, 0.1) is 0 Å². The smallest absolute Gasteiger partial charge is 0.242 e. The maximum absolute atomic E-state index is 13.0. The van der Waals surface area contributed by atoms with Crippen LogP contribution in [0.2, 0.25) is 0 Å². The monoisotopic (exact) mass is 491 g/mol. The summed E-state index contributed by atoms with van der Waals surface area (Å²) in [7, 11) is 1.55. The highest BCUT2D eigenvalue weighted by Crippen LogP contribution is 2.39. The maximum atomic E-state index is 13.0. The molecule has 0 saturated carbocycles. The third-order valence-electron chi connectivity index (χ3n) is 6.12. The summed E-state index contributed by atoms with van der Waals surface area (Å²) in [4.78, 5) is 19.9. The predicted molar refractivity (Wildman–Crippen MR) is 140 cm³/mol. The summed E-state index contributed by atoms with van der Waals surface area (Å²) >= 11 is 0. The number of methoxy groups -OCH3 is 1. The highest BCUT2D eigenvalue weighted by atomic mass is 16.5. The molecular weight excluding hydrogens is 458 g/mol. The molecule has 0 spiro atoms. The number of aromatic hydroxyl groups is 1. The van der Waals surface area contributed by atoms with Crippen molar-refractivity contribution in [2.24, 2.45) is 0 Å². The molecule has 4 rings (SSSR count). The van der Waals surface area contributed by atoms with Gasteiger partial charge in [0.25, 0.3) is 0 Å². The largest absolute Gasteiger partial charge is 0.507 e. The Morgan fingerprint density at radius 1 is 1.17 bits per heavy atom. The first kappa shape index (κ1) is 25.3. The Kier molecular flexibility index (Phi) is 7.95. The molecule has 1 atom stereocenters. The number of carbonyl (C=O) groups excluding carboxylic acids is 1. The number of hydrogen-bond donors (Lipinski definition) is 3. The fraction of sp³-hybridized carbons (Fsp3) is 0.357. The van der Waals surface area contributed by atoms with Gasteiger partial charge in [-0.2, -0.15) is 0 Å². The lowest BCUT2D eigenvalue weighted by molar-refractivity contribution is -0.122. The third kappa shape index (κ3) is 5.54. The van der Waals surface area contributed by atoms with Gasteiger partial charge in [0, 0.05) is 29.8 Å². The number of phenols is 1. The molecule has 0 unspecified atom stereocenters. The molecule has 0 radical (unpaired) electrons. The first-order valence-electron chi connectivity index (χ1n) is 12.2. The maximum Gasteiger partial charge on any atom is 0.242 e. The first-order chi connectivity index (χ1) is 17.4. The normalized spacial score (nSPS) is 15.2. The molecule has 2 aromatic carbocycles. The van der Waals surface area contributed by atoms with Crippen LogP contribution in [0.1, 0.15) is 26.7 Å². The van der Waals surface area contributed by atoms with Crippen molar-refractivity contribution < 1.29 is 24.5 Å². The number of ether oxygens (including phenoxy) is 2. The lowest BCUT2D eigenvalue weighted by Crippen LogP contribution is -2.45. The van der Waals surface area contributed by atoms with E-state index in [1.165, 1.54) is 0 Å². The van der Waals surface area contributed by atoms with Crippen LogP contribution in [-0.4, -0.2) is 60.1 Å². The number of phenolic OH excluding ortho intramolecular Hbond substituents is 1. The van der Waals surface area contributed by atoms with Gasteiger partial charge in [-0.25, -0.2) is 4.98 Å². The van der Waals surface area contributed by atoms with E-state index < -0.39 is 0 Å². The number of aliphatic hydroxyl groups is 1. The summed E-state index contributed by atoms with van der Waals surface area (Å²) in [6.07, 6.45) is 1.62. The van der Waals surface area contributed by atoms with Gasteiger partial charge in [0.2, 0.25) is 5.91 Å². The second-order valence-electron chi connectivity index (χ2n) is 9.07. The van der Waals surface area contributed by atoms with Crippen molar-refractivity contribution in [1.29, 1.82) is 0 Å². The minimum atomic E-state index is -0.326. The number of pyridine rings is 1. The van der Waals surface area contributed by atoms with Gasteiger partial charge in [0.05, 0.1) is 19.4 Å². The van der Waals surface area contributed by atoms with E-state index in [2.05, 4.69) is 5.32 Å². The number of aliphatic hydroxyl groups excluding tert-OH is 1. The minimum Gasteiger partial charge on any atom is -0.507 e. The topological polar surface area (TPSA) is 104 Å². The van der Waals surface area contributed by atoms with Crippen molar-refractivity contribution in [1.82, 2.24) is 10.3 Å². The summed E-state index contributed by atoms with van der Waals surface area (Å²) < 4.78 is 11.0. The molecule has 8 heteroatoms. The number of benzene rings is 2. The van der Waals surface area contributed by atoms with Crippen molar-refractivity contribution in [2.75, 3.05) is 31.8 Å². The molecule has 1 aliphatic heterocycles. The molecule has 1 saturated heterocycles. The second kappa shape index (κ2) is 11.3. The van der Waals surface area contributed by atoms with Crippen LogP contribution in [-0.2, 0) is 4.79 Å². The average Bonchev–Trinajstić information content (AvgIpc) is 3.37. The number of para-hydroxylation sites is 1. The van der Waals surface area contributed by atoms with E-state index in [0.717, 1.165) is 24.0 Å². The standard InChI is InChI=1S/C28H33N3O5/c1-18(2)29-28(34)24-8-6-12-31(24)27-16-19(21-7-4-5-9-26(21)36-14-13-32)15-23(30-27)22-11-10-20(35-3)17-25(22)33/h4-5,7,9-11,15-18,24,32-33H,6,8,12-14H2,1-3H3,(H,29,34)/t24-/m0/s1. The molecule has 36 heavy (non-hydrogen) atoms. The Morgan fingerprint density at radius 2 is 1.97 bits per heavy atom. The number of nitrogens with zero attached hydrogens (tertiary/aromatic N) is 2. The van der Waals surface area contributed by atoms with Crippen LogP contribution >= 0.6 is 0 Å². The summed E-state index contributed by atoms with van der Waals surface area (Å²) in [6.45, 7) is 4.67. The predicted octanol–water partition coefficient (Wildman–Crippen LogP) is 3.99. The Morgan fingerprint density at radius 3 is 2.69 bits per heavy atom. The quantitative estimate of drug-likeness (QED) is 0.416. The highest BCUT2D eigenvalue weighted by Gasteiger charge is 2.32. The molecule has 3 N–H and O–H groups in total. The minimum absolute atomic E-state index is 0.0183. The zero-order valence-electron chi connectivity index (χ0n) is 20.9. The molecule has 3 aromatic rings. The van der Waals surface area contributed by atoms with Crippen LogP contribution in [0.5, 0.6) is 17.2 Å². The van der Waals surface area contributed by atoms with E-state index >= 15 is 0 Å². The fourth-order valence-electron chi connectivity index (χ4n) is 4.49. The SMILES string of the molecule is COc1ccc(-c2cc(-c3ccccc3OCCO)cc(N3CCC[C@H]3C(=O)NC(C)C)n2)c(O)c1. The van der Waals surface area contributed by atoms with Gasteiger partial charge in [0.15, 0.2) is 0 Å². The Labute approximate surface area is 211 Å². The van der Waals surface area contributed by atoms with Gasteiger partial charge >= 0.3 is 0 Å². The average molecular weight is 492 g/mol. The third-order valence-corrected chi connectivity index (χ3v) is 6.12. The number of rotatable bonds is 9. The number of carbonyl (C=O) groups is 1. The Bertz CT molecular complexity index is 1210. The molecule has 2 heterocycles. The molecule has 1 amide bonds. The van der Waals surface area contributed by atoms with Crippen LogP contribution in [0.4, 0.5) is 5.82 Å². The van der Waals surface area contributed by atoms with E-state index in [1.807, 2.05) is 55.1 Å². The lowest BCUT2D eigenvalue weighted by atomic mass is 10.0. The molecule has 190 valence electrons. The van der Waals surface area contributed by atoms with Crippen LogP contribution < -0.4 is 19.7 Å². The van der Waals surface area contributed by atoms with Crippen molar-refractivity contribution in [3.05, 3.63) is 54.6 Å². The van der Waals surface area contributed by atoms with Crippen LogP contribution in [0.15, 0.2) is 54.6 Å². The summed E-state index contributed by atoms with van der Waals surface area (Å²) in [5.74, 6) is 1.85. The van der Waals surface area contributed by atoms with E-state index in [1.54, 1.807) is 25.3 Å². The summed E-state index contributed by atoms with van der Waals surface area (Å²) in [5, 5.41) is 23.0. The molecule has 1 aliphatic rings. The second-order valence-corrected chi connectivity index (χ2v) is 9.07. The van der Waals surface area contributed by atoms with Gasteiger partial charge in [-0.05, 0) is 62.6 Å². The van der Waals surface area contributed by atoms with E-state index in [4.69, 9.17) is 14.5 Å². The van der Waals surface area contributed by atoms with Gasteiger partial charge in [-0.15, -0.1) is 0 Å². The zero-order valence-corrected chi connectivity index (χ0v) is 20.9. The Balaban J connectivity index is 1.84. The molecule has 1 aromatic heterocycles. The number of nitrogens with one attached hydrogen (secondary N) is 1. The van der Waals surface area contributed by atoms with Crippen LogP contribution in [0.3, 0.4) is 0 Å².